The molecule has 5 heteroatoms. The fourth-order valence-corrected chi connectivity index (χ4v) is 2.44. The first-order chi connectivity index (χ1) is 7.28. The van der Waals surface area contributed by atoms with E-state index in [1.165, 1.54) is 0 Å². The summed E-state index contributed by atoms with van der Waals surface area (Å²) in [7, 11) is 0. The fourth-order valence-electron chi connectivity index (χ4n) is 2.44. The summed E-state index contributed by atoms with van der Waals surface area (Å²) in [5.41, 5.74) is 8.37. The Balaban J connectivity index is 2.19. The highest BCUT2D eigenvalue weighted by Crippen LogP contribution is 2.40. The lowest BCUT2D eigenvalue weighted by molar-refractivity contribution is -0.209. The molecule has 5 nitrogen and oxygen atoms in total. The molecule has 0 N–H and O–H groups in total. The Labute approximate surface area is 88.0 Å². The maximum atomic E-state index is 11.7. The van der Waals surface area contributed by atoms with Crippen LogP contribution in [-0.4, -0.2) is 35.8 Å². The van der Waals surface area contributed by atoms with Crippen LogP contribution in [0.15, 0.2) is 0 Å². The van der Waals surface area contributed by atoms with E-state index in [0.717, 1.165) is 31.9 Å². The van der Waals surface area contributed by atoms with E-state index in [9.17, 15) is 4.79 Å². The Morgan fingerprint density at radius 2 is 2.13 bits per heavy atom. The molecule has 2 rings (SSSR count). The van der Waals surface area contributed by atoms with Gasteiger partial charge in [0.15, 0.2) is 5.79 Å². The first-order valence-electron chi connectivity index (χ1n) is 5.28. The summed E-state index contributed by atoms with van der Waals surface area (Å²) in [6.07, 6.45) is 4.44. The molecule has 0 bridgehead atoms. The van der Waals surface area contributed by atoms with Crippen LogP contribution in [0.2, 0.25) is 0 Å². The van der Waals surface area contributed by atoms with Crippen molar-refractivity contribution in [3.8, 4) is 0 Å². The van der Waals surface area contributed by atoms with Crippen LogP contribution in [0.4, 0.5) is 0 Å². The molecular formula is C10H14N2O3. The zero-order valence-electron chi connectivity index (χ0n) is 8.52. The van der Waals surface area contributed by atoms with Crippen molar-refractivity contribution in [3.63, 3.8) is 0 Å². The predicted molar refractivity (Wildman–Crippen MR) is 51.3 cm³/mol. The van der Waals surface area contributed by atoms with Gasteiger partial charge in [-0.2, -0.15) is 4.79 Å². The third-order valence-electron chi connectivity index (χ3n) is 3.10. The number of hydrogen-bond acceptors (Lipinski definition) is 3. The molecule has 1 atom stereocenters. The fraction of sp³-hybridized carbons (Fsp3) is 0.800. The van der Waals surface area contributed by atoms with Crippen LogP contribution in [0, 0.1) is 5.92 Å². The second-order valence-electron chi connectivity index (χ2n) is 3.95. The Hall–Kier alpha value is -1.03. The van der Waals surface area contributed by atoms with Crippen LogP contribution in [0.5, 0.6) is 0 Å². The van der Waals surface area contributed by atoms with E-state index in [1.54, 1.807) is 0 Å². The summed E-state index contributed by atoms with van der Waals surface area (Å²) < 4.78 is 11.2. The van der Waals surface area contributed by atoms with E-state index >= 15 is 0 Å². The zero-order chi connectivity index (χ0) is 10.7. The third-order valence-corrected chi connectivity index (χ3v) is 3.10. The molecule has 0 aromatic carbocycles. The summed E-state index contributed by atoms with van der Waals surface area (Å²) in [5, 5.41) is 0. The molecule has 1 aliphatic heterocycles. The molecule has 1 aliphatic carbocycles. The largest absolute Gasteiger partial charge is 0.361 e. The number of ether oxygens (including phenoxy) is 2. The van der Waals surface area contributed by atoms with Crippen molar-refractivity contribution in [3.05, 3.63) is 5.53 Å². The van der Waals surface area contributed by atoms with Gasteiger partial charge in [-0.3, -0.25) is 4.79 Å². The summed E-state index contributed by atoms with van der Waals surface area (Å²) in [5.74, 6) is -1.26. The van der Waals surface area contributed by atoms with E-state index in [1.807, 2.05) is 0 Å². The maximum absolute atomic E-state index is 11.7. The molecule has 1 unspecified atom stereocenters. The van der Waals surface area contributed by atoms with Crippen LogP contribution in [0.3, 0.4) is 0 Å². The second-order valence-corrected chi connectivity index (χ2v) is 3.95. The lowest BCUT2D eigenvalue weighted by Gasteiger charge is -2.36. The van der Waals surface area contributed by atoms with Crippen molar-refractivity contribution in [2.24, 2.45) is 5.92 Å². The SMILES string of the molecule is [N-]=[N+]=CC(=O)C1CCCCC12OCCO2. The first-order valence-corrected chi connectivity index (χ1v) is 5.28. The molecule has 1 saturated heterocycles. The summed E-state index contributed by atoms with van der Waals surface area (Å²) in [6, 6.07) is 0. The molecule has 15 heavy (non-hydrogen) atoms. The highest BCUT2D eigenvalue weighted by molar-refractivity contribution is 6.26. The van der Waals surface area contributed by atoms with Gasteiger partial charge in [0.25, 0.3) is 0 Å². The zero-order valence-corrected chi connectivity index (χ0v) is 8.52. The average molecular weight is 210 g/mol. The standard InChI is InChI=1S/C10H14N2O3/c11-12-7-9(13)8-3-1-2-4-10(8)14-5-6-15-10/h7-8H,1-6H2. The van der Waals surface area contributed by atoms with Gasteiger partial charge in [-0.05, 0) is 12.8 Å². The highest BCUT2D eigenvalue weighted by Gasteiger charge is 2.49. The van der Waals surface area contributed by atoms with Gasteiger partial charge in [-0.1, -0.05) is 6.42 Å². The number of hydrogen-bond donors (Lipinski definition) is 0. The minimum Gasteiger partial charge on any atom is -0.361 e. The van der Waals surface area contributed by atoms with Crippen molar-refractivity contribution >= 4 is 12.0 Å². The topological polar surface area (TPSA) is 71.9 Å². The quantitative estimate of drug-likeness (QED) is 0.384. The molecule has 2 aliphatic rings. The van der Waals surface area contributed by atoms with Crippen molar-refractivity contribution in [2.45, 2.75) is 31.5 Å². The molecular weight excluding hydrogens is 196 g/mol. The van der Waals surface area contributed by atoms with Crippen molar-refractivity contribution in [1.29, 1.82) is 0 Å². The Morgan fingerprint density at radius 1 is 1.40 bits per heavy atom. The molecule has 82 valence electrons. The van der Waals surface area contributed by atoms with Crippen molar-refractivity contribution < 1.29 is 19.1 Å². The van der Waals surface area contributed by atoms with Crippen LogP contribution >= 0.6 is 0 Å². The van der Waals surface area contributed by atoms with Gasteiger partial charge in [0, 0.05) is 6.42 Å². The molecule has 1 heterocycles. The number of ketones is 1. The number of rotatable bonds is 2. The second kappa shape index (κ2) is 4.23. The van der Waals surface area contributed by atoms with Gasteiger partial charge < -0.3 is 15.0 Å². The van der Waals surface area contributed by atoms with Gasteiger partial charge in [0.05, 0.1) is 19.1 Å². The number of Topliss-reactive ketones (excluding diaryl/α,β-unsaturated/α-hetero) is 1. The van der Waals surface area contributed by atoms with Gasteiger partial charge in [-0.15, -0.1) is 0 Å². The summed E-state index contributed by atoms with van der Waals surface area (Å²) in [4.78, 5) is 14.5. The van der Waals surface area contributed by atoms with Crippen LogP contribution in [-0.2, 0) is 14.3 Å². The predicted octanol–water partition coefficient (Wildman–Crippen LogP) is 0.789. The molecule has 1 spiro atoms. The van der Waals surface area contributed by atoms with E-state index in [0.29, 0.717) is 13.2 Å². The molecule has 0 aromatic heterocycles. The maximum Gasteiger partial charge on any atom is 0.323 e. The van der Waals surface area contributed by atoms with Crippen molar-refractivity contribution in [1.82, 2.24) is 0 Å². The summed E-state index contributed by atoms with van der Waals surface area (Å²) >= 11 is 0. The number of carbonyl (C=O) groups excluding carboxylic acids is 1. The average Bonchev–Trinajstić information content (AvgIpc) is 2.68. The molecule has 0 amide bonds. The first kappa shape index (κ1) is 10.5. The summed E-state index contributed by atoms with van der Waals surface area (Å²) in [6.45, 7) is 1.08. The monoisotopic (exact) mass is 210 g/mol. The normalized spacial score (nSPS) is 28.7. The van der Waals surface area contributed by atoms with E-state index in [-0.39, 0.29) is 11.7 Å². The van der Waals surface area contributed by atoms with Crippen LogP contribution in [0.1, 0.15) is 25.7 Å². The van der Waals surface area contributed by atoms with E-state index < -0.39 is 5.79 Å². The molecule has 1 saturated carbocycles. The minimum atomic E-state index is -0.740. The Morgan fingerprint density at radius 3 is 2.80 bits per heavy atom. The molecule has 2 fully saturated rings. The number of carbonyl (C=O) groups is 1. The van der Waals surface area contributed by atoms with Crippen LogP contribution in [0.25, 0.3) is 5.53 Å². The lowest BCUT2D eigenvalue weighted by atomic mass is 9.81. The molecule has 0 radical (unpaired) electrons. The van der Waals surface area contributed by atoms with E-state index in [4.69, 9.17) is 15.0 Å². The Bertz CT molecular complexity index is 304. The van der Waals surface area contributed by atoms with Crippen molar-refractivity contribution in [2.75, 3.05) is 13.2 Å². The molecule has 0 aromatic rings. The highest BCUT2D eigenvalue weighted by atomic mass is 16.7. The Kier molecular flexibility index (Phi) is 2.95. The van der Waals surface area contributed by atoms with E-state index in [2.05, 4.69) is 4.79 Å². The third kappa shape index (κ3) is 1.86. The van der Waals surface area contributed by atoms with Gasteiger partial charge in [0.2, 0.25) is 5.78 Å². The smallest absolute Gasteiger partial charge is 0.323 e. The minimum absolute atomic E-state index is 0.209. The number of nitrogens with zero attached hydrogens (tertiary/aromatic N) is 2. The lowest BCUT2D eigenvalue weighted by Crippen LogP contribution is -2.46. The van der Waals surface area contributed by atoms with Crippen LogP contribution < -0.4 is 0 Å². The van der Waals surface area contributed by atoms with Gasteiger partial charge >= 0.3 is 6.21 Å². The van der Waals surface area contributed by atoms with Gasteiger partial charge in [-0.25, -0.2) is 0 Å². The van der Waals surface area contributed by atoms with Gasteiger partial charge in [0.1, 0.15) is 0 Å².